The predicted octanol–water partition coefficient (Wildman–Crippen LogP) is 3.21. The van der Waals surface area contributed by atoms with Crippen LogP contribution < -0.4 is 5.56 Å². The number of H-pyrrole nitrogens is 1. The maximum atomic E-state index is 12.6. The van der Waals surface area contributed by atoms with Gasteiger partial charge in [0.1, 0.15) is 16.3 Å². The first-order valence-electron chi connectivity index (χ1n) is 8.22. The number of carbonyl (C=O) groups excluding carboxylic acids is 1. The summed E-state index contributed by atoms with van der Waals surface area (Å²) in [4.78, 5) is 38.7. The number of carbonyl (C=O) groups is 1. The number of aryl methyl sites for hydroxylation is 1. The lowest BCUT2D eigenvalue weighted by atomic mass is 10.2. The van der Waals surface area contributed by atoms with Crippen LogP contribution in [0.3, 0.4) is 0 Å². The zero-order chi connectivity index (χ0) is 19.0. The lowest BCUT2D eigenvalue weighted by Gasteiger charge is -2.16. The van der Waals surface area contributed by atoms with Crippen molar-refractivity contribution in [2.45, 2.75) is 19.9 Å². The molecule has 9 heteroatoms. The molecule has 0 saturated carbocycles. The van der Waals surface area contributed by atoms with E-state index in [1.54, 1.807) is 20.0 Å². The second kappa shape index (κ2) is 7.09. The molecule has 1 N–H and O–H groups in total. The van der Waals surface area contributed by atoms with E-state index in [0.29, 0.717) is 33.4 Å². The monoisotopic (exact) mass is 400 g/mol. The number of nitrogens with zero attached hydrogens (tertiary/aromatic N) is 3. The highest BCUT2D eigenvalue weighted by atomic mass is 32.1. The van der Waals surface area contributed by atoms with Gasteiger partial charge in [0, 0.05) is 7.05 Å². The number of aromatic nitrogens is 3. The van der Waals surface area contributed by atoms with E-state index in [1.807, 2.05) is 22.9 Å². The molecule has 7 nitrogen and oxygen atoms in total. The zero-order valence-corrected chi connectivity index (χ0v) is 16.3. The quantitative estimate of drug-likeness (QED) is 0.555. The van der Waals surface area contributed by atoms with Gasteiger partial charge in [-0.3, -0.25) is 9.59 Å². The molecular weight excluding hydrogens is 384 g/mol. The summed E-state index contributed by atoms with van der Waals surface area (Å²) >= 11 is 2.88. The molecule has 0 atom stereocenters. The van der Waals surface area contributed by atoms with Gasteiger partial charge in [0.25, 0.3) is 5.56 Å². The van der Waals surface area contributed by atoms with Crippen LogP contribution in [0.25, 0.3) is 21.0 Å². The summed E-state index contributed by atoms with van der Waals surface area (Å²) < 4.78 is 6.27. The lowest BCUT2D eigenvalue weighted by molar-refractivity contribution is -0.129. The van der Waals surface area contributed by atoms with Crippen molar-refractivity contribution < 1.29 is 9.21 Å². The van der Waals surface area contributed by atoms with Gasteiger partial charge < -0.3 is 14.3 Å². The van der Waals surface area contributed by atoms with Crippen LogP contribution in [0.2, 0.25) is 0 Å². The van der Waals surface area contributed by atoms with Crippen molar-refractivity contribution in [3.8, 4) is 10.8 Å². The van der Waals surface area contributed by atoms with Crippen LogP contribution in [0.1, 0.15) is 17.3 Å². The van der Waals surface area contributed by atoms with Crippen LogP contribution in [-0.4, -0.2) is 32.8 Å². The number of nitrogens with one attached hydrogen (secondary N) is 1. The van der Waals surface area contributed by atoms with Crippen LogP contribution in [0.4, 0.5) is 0 Å². The minimum atomic E-state index is -0.182. The van der Waals surface area contributed by atoms with Gasteiger partial charge in [0.15, 0.2) is 0 Å². The molecular formula is C18H16N4O3S2. The molecule has 0 fully saturated rings. The molecule has 0 bridgehead atoms. The summed E-state index contributed by atoms with van der Waals surface area (Å²) in [5, 5.41) is 3.77. The summed E-state index contributed by atoms with van der Waals surface area (Å²) in [6.45, 7) is 2.02. The molecule has 0 aliphatic carbocycles. The van der Waals surface area contributed by atoms with Gasteiger partial charge in [0.05, 0.1) is 29.1 Å². The van der Waals surface area contributed by atoms with Crippen LogP contribution in [0.5, 0.6) is 0 Å². The molecule has 138 valence electrons. The van der Waals surface area contributed by atoms with Crippen molar-refractivity contribution in [1.82, 2.24) is 19.9 Å². The molecule has 0 aliphatic rings. The van der Waals surface area contributed by atoms with Crippen molar-refractivity contribution in [1.29, 1.82) is 0 Å². The zero-order valence-electron chi connectivity index (χ0n) is 14.7. The Morgan fingerprint density at radius 3 is 2.89 bits per heavy atom. The summed E-state index contributed by atoms with van der Waals surface area (Å²) in [5.41, 5.74) is 1.08. The van der Waals surface area contributed by atoms with Gasteiger partial charge in [-0.25, -0.2) is 9.97 Å². The Balaban J connectivity index is 1.48. The van der Waals surface area contributed by atoms with Crippen molar-refractivity contribution in [3.63, 3.8) is 0 Å². The van der Waals surface area contributed by atoms with E-state index in [4.69, 9.17) is 4.42 Å². The van der Waals surface area contributed by atoms with Crippen LogP contribution >= 0.6 is 22.7 Å². The lowest BCUT2D eigenvalue weighted by Crippen LogP contribution is -2.29. The summed E-state index contributed by atoms with van der Waals surface area (Å²) in [6, 6.07) is 5.65. The molecule has 0 radical (unpaired) electrons. The fraction of sp³-hybridized carbons (Fsp3) is 0.222. The first-order valence-corrected chi connectivity index (χ1v) is 9.97. The largest absolute Gasteiger partial charge is 0.440 e. The number of aromatic amines is 1. The fourth-order valence-electron chi connectivity index (χ4n) is 2.69. The number of hydrogen-bond acceptors (Lipinski definition) is 7. The van der Waals surface area contributed by atoms with E-state index < -0.39 is 0 Å². The third kappa shape index (κ3) is 3.56. The molecule has 27 heavy (non-hydrogen) atoms. The molecule has 0 aromatic carbocycles. The van der Waals surface area contributed by atoms with Crippen molar-refractivity contribution in [3.05, 3.63) is 56.6 Å². The van der Waals surface area contributed by atoms with Gasteiger partial charge in [-0.2, -0.15) is 0 Å². The number of fused-ring (bicyclic) bond motifs is 1. The minimum Gasteiger partial charge on any atom is -0.440 e. The highest BCUT2D eigenvalue weighted by Crippen LogP contribution is 2.26. The highest BCUT2D eigenvalue weighted by Gasteiger charge is 2.18. The Kier molecular flexibility index (Phi) is 4.63. The van der Waals surface area contributed by atoms with Crippen LogP contribution in [0, 0.1) is 6.92 Å². The van der Waals surface area contributed by atoms with E-state index in [9.17, 15) is 9.59 Å². The second-order valence-corrected chi connectivity index (χ2v) is 7.94. The molecule has 0 saturated heterocycles. The van der Waals surface area contributed by atoms with E-state index in [1.165, 1.54) is 27.6 Å². The topological polar surface area (TPSA) is 92.1 Å². The van der Waals surface area contributed by atoms with Gasteiger partial charge >= 0.3 is 0 Å². The molecule has 4 heterocycles. The summed E-state index contributed by atoms with van der Waals surface area (Å²) in [7, 11) is 1.68. The Morgan fingerprint density at radius 1 is 1.26 bits per heavy atom. The van der Waals surface area contributed by atoms with E-state index in [0.717, 1.165) is 4.88 Å². The van der Waals surface area contributed by atoms with E-state index in [-0.39, 0.29) is 24.4 Å². The normalized spacial score (nSPS) is 11.2. The number of thiophene rings is 2. The number of amides is 1. The first kappa shape index (κ1) is 17.6. The van der Waals surface area contributed by atoms with Gasteiger partial charge in [-0.05, 0) is 29.8 Å². The Morgan fingerprint density at radius 2 is 2.11 bits per heavy atom. The Bertz CT molecular complexity index is 1160. The predicted molar refractivity (Wildman–Crippen MR) is 105 cm³/mol. The maximum absolute atomic E-state index is 12.6. The summed E-state index contributed by atoms with van der Waals surface area (Å²) in [6.07, 6.45) is 0.127. The molecule has 0 unspecified atom stereocenters. The van der Waals surface area contributed by atoms with Gasteiger partial charge in [-0.1, -0.05) is 6.07 Å². The number of rotatable bonds is 5. The van der Waals surface area contributed by atoms with Gasteiger partial charge in [-0.15, -0.1) is 22.7 Å². The van der Waals surface area contributed by atoms with Crippen LogP contribution in [-0.2, 0) is 17.8 Å². The third-order valence-corrected chi connectivity index (χ3v) is 5.88. The standard InChI is InChI=1S/C18H16N4O3S2/c1-10-12(20-18(25-10)13-4-3-6-26-13)8-15(23)22(2)9-14-19-11-5-7-27-16(11)17(24)21-14/h3-7H,8-9H2,1-2H3,(H,19,21,24). The number of likely N-dealkylation sites (N-methyl/N-ethyl adjacent to an activating group) is 1. The van der Waals surface area contributed by atoms with E-state index >= 15 is 0 Å². The minimum absolute atomic E-state index is 0.127. The Labute approximate surface area is 162 Å². The fourth-order valence-corrected chi connectivity index (χ4v) is 4.06. The maximum Gasteiger partial charge on any atom is 0.268 e. The van der Waals surface area contributed by atoms with Crippen LogP contribution in [0.15, 0.2) is 38.2 Å². The molecule has 1 amide bonds. The molecule has 0 spiro atoms. The molecule has 4 rings (SSSR count). The molecule has 0 aliphatic heterocycles. The Hall–Kier alpha value is -2.78. The number of oxazole rings is 1. The van der Waals surface area contributed by atoms with E-state index in [2.05, 4.69) is 15.0 Å². The van der Waals surface area contributed by atoms with Crippen molar-refractivity contribution in [2.75, 3.05) is 7.05 Å². The molecule has 4 aromatic rings. The SMILES string of the molecule is Cc1oc(-c2cccs2)nc1CC(=O)N(C)Cc1nc2ccsc2c(=O)[nH]1. The van der Waals surface area contributed by atoms with Gasteiger partial charge in [0.2, 0.25) is 11.8 Å². The first-order chi connectivity index (χ1) is 13.0. The van der Waals surface area contributed by atoms with Crippen molar-refractivity contribution in [2.24, 2.45) is 0 Å². The summed E-state index contributed by atoms with van der Waals surface area (Å²) in [5.74, 6) is 1.49. The highest BCUT2D eigenvalue weighted by molar-refractivity contribution is 7.17. The number of hydrogen-bond donors (Lipinski definition) is 1. The third-order valence-electron chi connectivity index (χ3n) is 4.12. The average molecular weight is 400 g/mol. The second-order valence-electron chi connectivity index (χ2n) is 6.07. The average Bonchev–Trinajstić information content (AvgIpc) is 3.36. The van der Waals surface area contributed by atoms with Crippen molar-refractivity contribution >= 4 is 38.8 Å². The smallest absolute Gasteiger partial charge is 0.268 e. The molecule has 4 aromatic heterocycles.